The highest BCUT2D eigenvalue weighted by Gasteiger charge is 2.46. The van der Waals surface area contributed by atoms with Crippen molar-refractivity contribution in [3.8, 4) is 0 Å². The smallest absolute Gasteiger partial charge is 0.336 e. The van der Waals surface area contributed by atoms with Crippen LogP contribution in [0.3, 0.4) is 0 Å². The number of nitrogens with one attached hydrogen (secondary N) is 1. The van der Waals surface area contributed by atoms with Gasteiger partial charge in [-0.2, -0.15) is 0 Å². The normalized spacial score (nSPS) is 24.5. The molecular weight excluding hydrogens is 396 g/mol. The summed E-state index contributed by atoms with van der Waals surface area (Å²) in [6, 6.07) is 29.7. The fraction of sp³-hybridized carbons (Fsp3) is 0.321. The van der Waals surface area contributed by atoms with Crippen LogP contribution in [-0.2, 0) is 6.54 Å². The van der Waals surface area contributed by atoms with Crippen molar-refractivity contribution in [3.63, 3.8) is 0 Å². The molecule has 0 aromatic heterocycles. The van der Waals surface area contributed by atoms with E-state index in [1.54, 1.807) is 12.1 Å². The molecule has 164 valence electrons. The number of carboxylic acids is 1. The number of carboxylic acid groups (broad SMARTS) is 1. The van der Waals surface area contributed by atoms with E-state index in [1.807, 2.05) is 12.1 Å². The molecule has 4 nitrogen and oxygen atoms in total. The number of aromatic carboxylic acids is 1. The monoisotopic (exact) mass is 426 g/mol. The average molecular weight is 427 g/mol. The van der Waals surface area contributed by atoms with Crippen LogP contribution in [0.25, 0.3) is 0 Å². The third-order valence-electron chi connectivity index (χ3n) is 7.31. The molecule has 0 amide bonds. The minimum absolute atomic E-state index is 0.271. The van der Waals surface area contributed by atoms with Crippen molar-refractivity contribution in [1.82, 2.24) is 10.2 Å². The van der Waals surface area contributed by atoms with E-state index in [-0.39, 0.29) is 5.92 Å². The maximum absolute atomic E-state index is 11.7. The molecule has 2 unspecified atom stereocenters. The van der Waals surface area contributed by atoms with Crippen LogP contribution in [0.2, 0.25) is 0 Å². The topological polar surface area (TPSA) is 52.6 Å². The molecule has 3 aliphatic heterocycles. The van der Waals surface area contributed by atoms with Crippen LogP contribution in [0.1, 0.15) is 45.8 Å². The Labute approximate surface area is 189 Å². The Balaban J connectivity index is 1.49. The first-order valence-corrected chi connectivity index (χ1v) is 11.6. The van der Waals surface area contributed by atoms with Gasteiger partial charge < -0.3 is 10.4 Å². The number of piperidine rings is 3. The van der Waals surface area contributed by atoms with Crippen molar-refractivity contribution in [2.75, 3.05) is 13.1 Å². The molecule has 3 fully saturated rings. The lowest BCUT2D eigenvalue weighted by Crippen LogP contribution is -2.64. The van der Waals surface area contributed by atoms with Crippen LogP contribution >= 0.6 is 0 Å². The summed E-state index contributed by atoms with van der Waals surface area (Å²) in [5, 5.41) is 13.4. The summed E-state index contributed by atoms with van der Waals surface area (Å²) in [6.07, 6.45) is 2.40. The van der Waals surface area contributed by atoms with Crippen LogP contribution < -0.4 is 5.32 Å². The van der Waals surface area contributed by atoms with E-state index in [2.05, 4.69) is 70.9 Å². The number of rotatable bonds is 7. The fourth-order valence-corrected chi connectivity index (χ4v) is 5.81. The van der Waals surface area contributed by atoms with Crippen LogP contribution in [-0.4, -0.2) is 41.1 Å². The molecule has 3 aromatic carbocycles. The highest BCUT2D eigenvalue weighted by atomic mass is 16.4. The highest BCUT2D eigenvalue weighted by Crippen LogP contribution is 2.42. The number of benzene rings is 3. The Morgan fingerprint density at radius 1 is 0.875 bits per heavy atom. The Kier molecular flexibility index (Phi) is 6.06. The molecule has 2 N–H and O–H groups in total. The molecule has 6 rings (SSSR count). The van der Waals surface area contributed by atoms with Gasteiger partial charge in [-0.1, -0.05) is 78.9 Å². The maximum Gasteiger partial charge on any atom is 0.336 e. The first kappa shape index (κ1) is 20.9. The zero-order valence-corrected chi connectivity index (χ0v) is 18.2. The van der Waals surface area contributed by atoms with Gasteiger partial charge in [0.05, 0.1) is 5.56 Å². The van der Waals surface area contributed by atoms with Crippen molar-refractivity contribution in [1.29, 1.82) is 0 Å². The van der Waals surface area contributed by atoms with Crippen molar-refractivity contribution < 1.29 is 9.90 Å². The Bertz CT molecular complexity index is 1010. The van der Waals surface area contributed by atoms with Gasteiger partial charge >= 0.3 is 5.97 Å². The lowest BCUT2D eigenvalue weighted by molar-refractivity contribution is 0.00464. The third kappa shape index (κ3) is 4.08. The molecule has 0 spiro atoms. The van der Waals surface area contributed by atoms with E-state index >= 15 is 0 Å². The summed E-state index contributed by atoms with van der Waals surface area (Å²) in [7, 11) is 0. The summed E-state index contributed by atoms with van der Waals surface area (Å²) >= 11 is 0. The van der Waals surface area contributed by atoms with Gasteiger partial charge in [0.15, 0.2) is 0 Å². The summed E-state index contributed by atoms with van der Waals surface area (Å²) in [4.78, 5) is 14.4. The average Bonchev–Trinajstić information content (AvgIpc) is 2.85. The predicted molar refractivity (Wildman–Crippen MR) is 127 cm³/mol. The molecule has 3 heterocycles. The zero-order chi connectivity index (χ0) is 21.9. The lowest BCUT2D eigenvalue weighted by Gasteiger charge is -2.54. The fourth-order valence-electron chi connectivity index (χ4n) is 5.81. The minimum Gasteiger partial charge on any atom is -0.478 e. The predicted octanol–water partition coefficient (Wildman–Crippen LogP) is 4.77. The van der Waals surface area contributed by atoms with Gasteiger partial charge in [-0.3, -0.25) is 4.90 Å². The van der Waals surface area contributed by atoms with Gasteiger partial charge in [-0.25, -0.2) is 4.79 Å². The number of carbonyl (C=O) groups is 1. The van der Waals surface area contributed by atoms with Gasteiger partial charge in [0.2, 0.25) is 0 Å². The number of nitrogens with zero attached hydrogens (tertiary/aromatic N) is 1. The highest BCUT2D eigenvalue weighted by molar-refractivity contribution is 5.89. The van der Waals surface area contributed by atoms with E-state index in [4.69, 9.17) is 0 Å². The molecule has 0 radical (unpaired) electrons. The first-order chi connectivity index (χ1) is 15.7. The summed E-state index contributed by atoms with van der Waals surface area (Å²) in [5.74, 6) is 0.0175. The molecular formula is C28H30N2O2. The second-order valence-electron chi connectivity index (χ2n) is 9.03. The molecule has 0 saturated carbocycles. The molecule has 2 atom stereocenters. The van der Waals surface area contributed by atoms with E-state index in [0.29, 0.717) is 30.1 Å². The molecule has 0 aliphatic carbocycles. The van der Waals surface area contributed by atoms with Gasteiger partial charge in [-0.05, 0) is 54.6 Å². The maximum atomic E-state index is 11.7. The Hall–Kier alpha value is -2.95. The van der Waals surface area contributed by atoms with Crippen LogP contribution in [0.15, 0.2) is 84.9 Å². The van der Waals surface area contributed by atoms with Gasteiger partial charge in [0.25, 0.3) is 0 Å². The van der Waals surface area contributed by atoms with Gasteiger partial charge in [0.1, 0.15) is 0 Å². The number of fused-ring (bicyclic) bond motifs is 3. The van der Waals surface area contributed by atoms with Crippen molar-refractivity contribution in [2.45, 2.75) is 37.4 Å². The SMILES string of the molecule is O=C(O)c1ccccc1CNC1C2CCN(CC2)C1C(c1ccccc1)c1ccccc1. The largest absolute Gasteiger partial charge is 0.478 e. The van der Waals surface area contributed by atoms with Gasteiger partial charge in [-0.15, -0.1) is 0 Å². The van der Waals surface area contributed by atoms with Crippen molar-refractivity contribution in [3.05, 3.63) is 107 Å². The molecule has 32 heavy (non-hydrogen) atoms. The summed E-state index contributed by atoms with van der Waals surface area (Å²) < 4.78 is 0. The standard InChI is InChI=1S/C28H30N2O2/c31-28(32)24-14-8-7-13-23(24)19-29-26-22-15-17-30(18-16-22)27(26)25(20-9-3-1-4-10-20)21-11-5-2-6-12-21/h1-14,22,25-27,29H,15-19H2,(H,31,32). The van der Waals surface area contributed by atoms with Crippen LogP contribution in [0.4, 0.5) is 0 Å². The number of hydrogen-bond donors (Lipinski definition) is 2. The van der Waals surface area contributed by atoms with Gasteiger partial charge in [0, 0.05) is 24.5 Å². The Morgan fingerprint density at radius 2 is 1.44 bits per heavy atom. The van der Waals surface area contributed by atoms with E-state index in [1.165, 1.54) is 24.0 Å². The molecule has 3 aliphatic rings. The zero-order valence-electron chi connectivity index (χ0n) is 18.2. The van der Waals surface area contributed by atoms with E-state index < -0.39 is 5.97 Å². The molecule has 4 heteroatoms. The summed E-state index contributed by atoms with van der Waals surface area (Å²) in [5.41, 5.74) is 3.93. The quantitative estimate of drug-likeness (QED) is 0.571. The third-order valence-corrected chi connectivity index (χ3v) is 7.31. The Morgan fingerprint density at radius 3 is 2.03 bits per heavy atom. The molecule has 3 aromatic rings. The minimum atomic E-state index is -0.862. The van der Waals surface area contributed by atoms with E-state index in [9.17, 15) is 9.90 Å². The van der Waals surface area contributed by atoms with Crippen molar-refractivity contribution >= 4 is 5.97 Å². The van der Waals surface area contributed by atoms with E-state index in [0.717, 1.165) is 18.7 Å². The lowest BCUT2D eigenvalue weighted by atomic mass is 9.70. The summed E-state index contributed by atoms with van der Waals surface area (Å²) in [6.45, 7) is 2.84. The number of hydrogen-bond acceptors (Lipinski definition) is 3. The van der Waals surface area contributed by atoms with Crippen LogP contribution in [0, 0.1) is 5.92 Å². The van der Waals surface area contributed by atoms with Crippen LogP contribution in [0.5, 0.6) is 0 Å². The molecule has 3 saturated heterocycles. The second-order valence-corrected chi connectivity index (χ2v) is 9.03. The van der Waals surface area contributed by atoms with Crippen molar-refractivity contribution in [2.24, 2.45) is 5.92 Å². The molecule has 2 bridgehead atoms. The second kappa shape index (κ2) is 9.27. The first-order valence-electron chi connectivity index (χ1n) is 11.6.